The van der Waals surface area contributed by atoms with E-state index < -0.39 is 0 Å². The summed E-state index contributed by atoms with van der Waals surface area (Å²) < 4.78 is 5.23. The lowest BCUT2D eigenvalue weighted by atomic mass is 10.2. The van der Waals surface area contributed by atoms with Gasteiger partial charge in [-0.2, -0.15) is 0 Å². The second-order valence-electron chi connectivity index (χ2n) is 5.68. The van der Waals surface area contributed by atoms with E-state index in [1.165, 1.54) is 25.7 Å². The van der Waals surface area contributed by atoms with Crippen molar-refractivity contribution in [1.29, 1.82) is 0 Å². The molecule has 0 spiro atoms. The number of nitrogens with two attached hydrogens (primary N) is 1. The molecule has 3 N–H and O–H groups in total. The summed E-state index contributed by atoms with van der Waals surface area (Å²) in [6.45, 7) is 0.786. The second-order valence-corrected chi connectivity index (χ2v) is 5.68. The molecule has 1 amide bonds. The Balaban J connectivity index is 1.84. The number of ether oxygens (including phenoxy) is 1. The van der Waals surface area contributed by atoms with E-state index in [0.29, 0.717) is 29.6 Å². The van der Waals surface area contributed by atoms with Gasteiger partial charge in [0.05, 0.1) is 12.8 Å². The Kier molecular flexibility index (Phi) is 5.44. The molecule has 1 aliphatic rings. The van der Waals surface area contributed by atoms with E-state index in [-0.39, 0.29) is 5.91 Å². The van der Waals surface area contributed by atoms with Crippen molar-refractivity contribution in [2.24, 2.45) is 0 Å². The molecule has 1 saturated carbocycles. The van der Waals surface area contributed by atoms with Gasteiger partial charge in [-0.1, -0.05) is 12.8 Å². The molecule has 0 aliphatic heterocycles. The molecule has 0 bridgehead atoms. The average Bonchev–Trinajstić information content (AvgIpc) is 3.01. The van der Waals surface area contributed by atoms with Crippen molar-refractivity contribution in [3.8, 4) is 5.75 Å². The number of methoxy groups -OCH3 is 1. The summed E-state index contributed by atoms with van der Waals surface area (Å²) in [5.41, 5.74) is 6.99. The standard InChI is InChI=1S/C16H25N3O2/c1-19(13-5-3-4-6-13)10-9-16(20)18-14-8-7-12(17)11-15(14)21-2/h7-8,11,13H,3-6,9-10,17H2,1-2H3,(H,18,20). The van der Waals surface area contributed by atoms with Crippen molar-refractivity contribution < 1.29 is 9.53 Å². The molecule has 1 aromatic rings. The number of nitrogens with zero attached hydrogens (tertiary/aromatic N) is 1. The van der Waals surface area contributed by atoms with Gasteiger partial charge < -0.3 is 20.7 Å². The van der Waals surface area contributed by atoms with Gasteiger partial charge in [0.25, 0.3) is 0 Å². The van der Waals surface area contributed by atoms with E-state index in [9.17, 15) is 4.79 Å². The van der Waals surface area contributed by atoms with Gasteiger partial charge in [0.15, 0.2) is 0 Å². The zero-order valence-electron chi connectivity index (χ0n) is 12.9. The largest absolute Gasteiger partial charge is 0.494 e. The zero-order chi connectivity index (χ0) is 15.2. The number of hydrogen-bond acceptors (Lipinski definition) is 4. The molecule has 1 fully saturated rings. The second kappa shape index (κ2) is 7.31. The highest BCUT2D eigenvalue weighted by Gasteiger charge is 2.19. The Morgan fingerprint density at radius 1 is 1.43 bits per heavy atom. The van der Waals surface area contributed by atoms with Gasteiger partial charge in [-0.05, 0) is 32.0 Å². The smallest absolute Gasteiger partial charge is 0.225 e. The highest BCUT2D eigenvalue weighted by molar-refractivity contribution is 5.92. The fourth-order valence-corrected chi connectivity index (χ4v) is 2.83. The first kappa shape index (κ1) is 15.6. The minimum Gasteiger partial charge on any atom is -0.494 e. The first-order chi connectivity index (χ1) is 10.1. The molecule has 116 valence electrons. The van der Waals surface area contributed by atoms with Gasteiger partial charge >= 0.3 is 0 Å². The summed E-state index contributed by atoms with van der Waals surface area (Å²) >= 11 is 0. The molecule has 1 aliphatic carbocycles. The van der Waals surface area contributed by atoms with Crippen LogP contribution in [0.5, 0.6) is 5.75 Å². The summed E-state index contributed by atoms with van der Waals surface area (Å²) in [5.74, 6) is 0.593. The van der Waals surface area contributed by atoms with Crippen LogP contribution in [0.1, 0.15) is 32.1 Å². The molecule has 0 heterocycles. The lowest BCUT2D eigenvalue weighted by Crippen LogP contribution is -2.32. The Labute approximate surface area is 126 Å². The SMILES string of the molecule is COc1cc(N)ccc1NC(=O)CCN(C)C1CCCC1. The fourth-order valence-electron chi connectivity index (χ4n) is 2.83. The number of rotatable bonds is 6. The van der Waals surface area contributed by atoms with Crippen molar-refractivity contribution in [2.45, 2.75) is 38.1 Å². The third-order valence-corrected chi connectivity index (χ3v) is 4.14. The molecule has 5 heteroatoms. The number of anilines is 2. The van der Waals surface area contributed by atoms with Crippen LogP contribution in [0.2, 0.25) is 0 Å². The number of carbonyl (C=O) groups is 1. The summed E-state index contributed by atoms with van der Waals surface area (Å²) in [6, 6.07) is 5.87. The van der Waals surface area contributed by atoms with Crippen LogP contribution in [0.25, 0.3) is 0 Å². The van der Waals surface area contributed by atoms with Gasteiger partial charge in [-0.3, -0.25) is 4.79 Å². The minimum absolute atomic E-state index is 0.00270. The molecule has 0 aromatic heterocycles. The Bertz CT molecular complexity index is 484. The molecular weight excluding hydrogens is 266 g/mol. The predicted molar refractivity (Wildman–Crippen MR) is 85.5 cm³/mol. The summed E-state index contributed by atoms with van der Waals surface area (Å²) in [4.78, 5) is 14.4. The van der Waals surface area contributed by atoms with Crippen molar-refractivity contribution in [3.63, 3.8) is 0 Å². The zero-order valence-corrected chi connectivity index (χ0v) is 12.9. The Hall–Kier alpha value is -1.75. The molecule has 21 heavy (non-hydrogen) atoms. The molecule has 0 atom stereocenters. The molecule has 0 unspecified atom stereocenters. The van der Waals surface area contributed by atoms with Crippen LogP contribution in [0, 0.1) is 0 Å². The van der Waals surface area contributed by atoms with E-state index in [0.717, 1.165) is 6.54 Å². The topological polar surface area (TPSA) is 67.6 Å². The van der Waals surface area contributed by atoms with Crippen LogP contribution < -0.4 is 15.8 Å². The number of hydrogen-bond donors (Lipinski definition) is 2. The van der Waals surface area contributed by atoms with E-state index >= 15 is 0 Å². The Morgan fingerprint density at radius 2 is 2.14 bits per heavy atom. The number of nitrogens with one attached hydrogen (secondary N) is 1. The maximum atomic E-state index is 12.1. The maximum absolute atomic E-state index is 12.1. The lowest BCUT2D eigenvalue weighted by Gasteiger charge is -2.23. The number of carbonyl (C=O) groups excluding carboxylic acids is 1. The Morgan fingerprint density at radius 3 is 2.81 bits per heavy atom. The van der Waals surface area contributed by atoms with Gasteiger partial charge in [0.1, 0.15) is 5.75 Å². The lowest BCUT2D eigenvalue weighted by molar-refractivity contribution is -0.116. The quantitative estimate of drug-likeness (QED) is 0.790. The number of benzene rings is 1. The van der Waals surface area contributed by atoms with Crippen LogP contribution in [0.4, 0.5) is 11.4 Å². The first-order valence-corrected chi connectivity index (χ1v) is 7.53. The van der Waals surface area contributed by atoms with E-state index in [1.807, 2.05) is 0 Å². The predicted octanol–water partition coefficient (Wildman–Crippen LogP) is 2.48. The van der Waals surface area contributed by atoms with Crippen LogP contribution >= 0.6 is 0 Å². The first-order valence-electron chi connectivity index (χ1n) is 7.53. The molecule has 2 rings (SSSR count). The highest BCUT2D eigenvalue weighted by atomic mass is 16.5. The monoisotopic (exact) mass is 291 g/mol. The van der Waals surface area contributed by atoms with Gasteiger partial charge in [0.2, 0.25) is 5.91 Å². The van der Waals surface area contributed by atoms with Gasteiger partial charge in [-0.25, -0.2) is 0 Å². The number of nitrogen functional groups attached to an aromatic ring is 1. The van der Waals surface area contributed by atoms with E-state index in [1.54, 1.807) is 25.3 Å². The van der Waals surface area contributed by atoms with Crippen LogP contribution in [0.3, 0.4) is 0 Å². The average molecular weight is 291 g/mol. The third-order valence-electron chi connectivity index (χ3n) is 4.14. The molecule has 0 saturated heterocycles. The van der Waals surface area contributed by atoms with Gasteiger partial charge in [0, 0.05) is 30.8 Å². The van der Waals surface area contributed by atoms with Crippen molar-refractivity contribution in [3.05, 3.63) is 18.2 Å². The molecule has 5 nitrogen and oxygen atoms in total. The number of amides is 1. The van der Waals surface area contributed by atoms with E-state index in [4.69, 9.17) is 10.5 Å². The normalized spacial score (nSPS) is 15.4. The third kappa shape index (κ3) is 4.36. The summed E-state index contributed by atoms with van der Waals surface area (Å²) in [7, 11) is 3.67. The van der Waals surface area contributed by atoms with Gasteiger partial charge in [-0.15, -0.1) is 0 Å². The maximum Gasteiger partial charge on any atom is 0.225 e. The highest BCUT2D eigenvalue weighted by Crippen LogP contribution is 2.27. The molecule has 0 radical (unpaired) electrons. The van der Waals surface area contributed by atoms with E-state index in [2.05, 4.69) is 17.3 Å². The van der Waals surface area contributed by atoms with Crippen LogP contribution in [-0.2, 0) is 4.79 Å². The van der Waals surface area contributed by atoms with Crippen molar-refractivity contribution >= 4 is 17.3 Å². The summed E-state index contributed by atoms with van der Waals surface area (Å²) in [5, 5.41) is 2.89. The fraction of sp³-hybridized carbons (Fsp3) is 0.562. The van der Waals surface area contributed by atoms with Crippen LogP contribution in [-0.4, -0.2) is 37.6 Å². The van der Waals surface area contributed by atoms with Crippen molar-refractivity contribution in [2.75, 3.05) is 31.8 Å². The minimum atomic E-state index is 0.00270. The molecule has 1 aromatic carbocycles. The van der Waals surface area contributed by atoms with Crippen LogP contribution in [0.15, 0.2) is 18.2 Å². The summed E-state index contributed by atoms with van der Waals surface area (Å²) in [6.07, 6.45) is 5.61. The van der Waals surface area contributed by atoms with Crippen molar-refractivity contribution in [1.82, 2.24) is 4.90 Å². The molecular formula is C16H25N3O2.